The van der Waals surface area contributed by atoms with Gasteiger partial charge in [-0.2, -0.15) is 0 Å². The van der Waals surface area contributed by atoms with Crippen LogP contribution in [0.25, 0.3) is 0 Å². The minimum absolute atomic E-state index is 0. The van der Waals surface area contributed by atoms with Crippen LogP contribution in [0.15, 0.2) is 54.6 Å². The van der Waals surface area contributed by atoms with Crippen molar-refractivity contribution >= 4 is 18.3 Å². The van der Waals surface area contributed by atoms with Gasteiger partial charge in [0, 0.05) is 6.54 Å². The lowest BCUT2D eigenvalue weighted by atomic mass is 10.1. The van der Waals surface area contributed by atoms with E-state index in [0.717, 1.165) is 16.7 Å². The van der Waals surface area contributed by atoms with Crippen molar-refractivity contribution in [2.75, 3.05) is 0 Å². The van der Waals surface area contributed by atoms with E-state index in [9.17, 15) is 4.79 Å². The average molecular weight is 335 g/mol. The highest BCUT2D eigenvalue weighted by Gasteiger charge is 2.06. The number of nitrogens with two attached hydrogens (primary N) is 1. The van der Waals surface area contributed by atoms with E-state index in [2.05, 4.69) is 5.32 Å². The van der Waals surface area contributed by atoms with Crippen LogP contribution in [0.1, 0.15) is 23.6 Å². The molecule has 124 valence electrons. The Hall–Kier alpha value is -1.88. The molecule has 2 aromatic rings. The van der Waals surface area contributed by atoms with Gasteiger partial charge in [-0.3, -0.25) is 4.79 Å². The minimum atomic E-state index is -0.489. The van der Waals surface area contributed by atoms with Crippen molar-refractivity contribution in [3.05, 3.63) is 71.3 Å². The SMILES string of the molecule is C[C@@H](N)C(=O)NCc1cccc(COCc2ccccc2)c1.Cl. The van der Waals surface area contributed by atoms with Crippen molar-refractivity contribution in [2.24, 2.45) is 5.73 Å². The van der Waals surface area contributed by atoms with E-state index in [1.54, 1.807) is 6.92 Å². The first-order valence-corrected chi connectivity index (χ1v) is 7.38. The molecule has 0 aliphatic carbocycles. The predicted octanol–water partition coefficient (Wildman–Crippen LogP) is 2.79. The van der Waals surface area contributed by atoms with Gasteiger partial charge in [-0.25, -0.2) is 0 Å². The summed E-state index contributed by atoms with van der Waals surface area (Å²) < 4.78 is 5.72. The minimum Gasteiger partial charge on any atom is -0.372 e. The summed E-state index contributed by atoms with van der Waals surface area (Å²) >= 11 is 0. The molecule has 3 N–H and O–H groups in total. The normalized spacial score (nSPS) is 11.4. The molecule has 0 spiro atoms. The van der Waals surface area contributed by atoms with Crippen molar-refractivity contribution < 1.29 is 9.53 Å². The zero-order valence-electron chi connectivity index (χ0n) is 13.2. The molecule has 2 aromatic carbocycles. The molecular weight excluding hydrogens is 312 g/mol. The molecule has 0 aliphatic heterocycles. The van der Waals surface area contributed by atoms with Gasteiger partial charge in [0.05, 0.1) is 19.3 Å². The summed E-state index contributed by atoms with van der Waals surface area (Å²) in [6, 6.07) is 17.6. The summed E-state index contributed by atoms with van der Waals surface area (Å²) in [5.74, 6) is -0.147. The van der Waals surface area contributed by atoms with Crippen molar-refractivity contribution in [1.29, 1.82) is 0 Å². The predicted molar refractivity (Wildman–Crippen MR) is 94.1 cm³/mol. The van der Waals surface area contributed by atoms with E-state index in [1.165, 1.54) is 0 Å². The van der Waals surface area contributed by atoms with Crippen LogP contribution < -0.4 is 11.1 Å². The van der Waals surface area contributed by atoms with Gasteiger partial charge >= 0.3 is 0 Å². The number of rotatable bonds is 7. The zero-order valence-corrected chi connectivity index (χ0v) is 14.0. The summed E-state index contributed by atoms with van der Waals surface area (Å²) in [6.07, 6.45) is 0. The Labute approximate surface area is 143 Å². The van der Waals surface area contributed by atoms with Gasteiger partial charge in [-0.15, -0.1) is 12.4 Å². The van der Waals surface area contributed by atoms with Crippen molar-refractivity contribution in [2.45, 2.75) is 32.7 Å². The number of carbonyl (C=O) groups excluding carboxylic acids is 1. The zero-order chi connectivity index (χ0) is 15.8. The maximum absolute atomic E-state index is 11.5. The van der Waals surface area contributed by atoms with Gasteiger partial charge in [0.2, 0.25) is 5.91 Å². The number of carbonyl (C=O) groups is 1. The number of hydrogen-bond acceptors (Lipinski definition) is 3. The van der Waals surface area contributed by atoms with E-state index in [-0.39, 0.29) is 18.3 Å². The molecule has 0 unspecified atom stereocenters. The third-order valence-corrected chi connectivity index (χ3v) is 3.25. The van der Waals surface area contributed by atoms with E-state index in [4.69, 9.17) is 10.5 Å². The van der Waals surface area contributed by atoms with Crippen LogP contribution >= 0.6 is 12.4 Å². The largest absolute Gasteiger partial charge is 0.372 e. The van der Waals surface area contributed by atoms with Crippen molar-refractivity contribution in [3.63, 3.8) is 0 Å². The Morgan fingerprint density at radius 3 is 2.35 bits per heavy atom. The topological polar surface area (TPSA) is 64.4 Å². The lowest BCUT2D eigenvalue weighted by Gasteiger charge is -2.09. The number of benzene rings is 2. The number of hydrogen-bond donors (Lipinski definition) is 2. The monoisotopic (exact) mass is 334 g/mol. The smallest absolute Gasteiger partial charge is 0.236 e. The Kier molecular flexibility index (Phi) is 8.33. The Bertz CT molecular complexity index is 603. The first kappa shape index (κ1) is 19.2. The highest BCUT2D eigenvalue weighted by Crippen LogP contribution is 2.09. The maximum atomic E-state index is 11.5. The molecule has 1 atom stereocenters. The molecule has 0 heterocycles. The molecule has 4 nitrogen and oxygen atoms in total. The fraction of sp³-hybridized carbons (Fsp3) is 0.278. The van der Waals surface area contributed by atoms with Gasteiger partial charge < -0.3 is 15.8 Å². The van der Waals surface area contributed by atoms with Crippen LogP contribution in [0.2, 0.25) is 0 Å². The van der Waals surface area contributed by atoms with E-state index >= 15 is 0 Å². The van der Waals surface area contributed by atoms with Crippen LogP contribution in [0.4, 0.5) is 0 Å². The van der Waals surface area contributed by atoms with Crippen molar-refractivity contribution in [1.82, 2.24) is 5.32 Å². The molecule has 23 heavy (non-hydrogen) atoms. The van der Waals surface area contributed by atoms with Crippen LogP contribution in [0, 0.1) is 0 Å². The summed E-state index contributed by atoms with van der Waals surface area (Å²) in [5, 5.41) is 2.80. The second-order valence-corrected chi connectivity index (χ2v) is 5.30. The van der Waals surface area contributed by atoms with Crippen LogP contribution in [-0.4, -0.2) is 11.9 Å². The average Bonchev–Trinajstić information content (AvgIpc) is 2.54. The fourth-order valence-electron chi connectivity index (χ4n) is 2.04. The molecule has 1 amide bonds. The molecule has 2 rings (SSSR count). The molecular formula is C18H23ClN2O2. The van der Waals surface area contributed by atoms with E-state index < -0.39 is 6.04 Å². The van der Waals surface area contributed by atoms with E-state index in [1.807, 2.05) is 54.6 Å². The molecule has 0 aromatic heterocycles. The highest BCUT2D eigenvalue weighted by atomic mass is 35.5. The molecule has 0 bridgehead atoms. The van der Waals surface area contributed by atoms with Gasteiger partial charge in [0.15, 0.2) is 0 Å². The Balaban J connectivity index is 0.00000264. The van der Waals surface area contributed by atoms with Crippen LogP contribution in [0.3, 0.4) is 0 Å². The molecule has 0 aliphatic rings. The fourth-order valence-corrected chi connectivity index (χ4v) is 2.04. The standard InChI is InChI=1S/C18H22N2O2.ClH/c1-14(19)18(21)20-11-16-8-5-9-17(10-16)13-22-12-15-6-3-2-4-7-15;/h2-10,14H,11-13,19H2,1H3,(H,20,21);1H/t14-;/m1./s1. The Morgan fingerprint density at radius 2 is 1.65 bits per heavy atom. The molecule has 5 heteroatoms. The summed E-state index contributed by atoms with van der Waals surface area (Å²) in [5.41, 5.74) is 8.80. The second-order valence-electron chi connectivity index (χ2n) is 5.30. The molecule has 0 radical (unpaired) electrons. The third-order valence-electron chi connectivity index (χ3n) is 3.25. The second kappa shape index (κ2) is 10.0. The first-order valence-electron chi connectivity index (χ1n) is 7.38. The van der Waals surface area contributed by atoms with Gasteiger partial charge in [-0.1, -0.05) is 54.6 Å². The molecule has 0 saturated heterocycles. The number of nitrogens with one attached hydrogen (secondary N) is 1. The number of halogens is 1. The molecule has 0 saturated carbocycles. The van der Waals surface area contributed by atoms with E-state index in [0.29, 0.717) is 19.8 Å². The summed E-state index contributed by atoms with van der Waals surface area (Å²) in [6.45, 7) is 3.28. The lowest BCUT2D eigenvalue weighted by molar-refractivity contribution is -0.122. The highest BCUT2D eigenvalue weighted by molar-refractivity contribution is 5.85. The summed E-state index contributed by atoms with van der Waals surface area (Å²) in [7, 11) is 0. The quantitative estimate of drug-likeness (QED) is 0.818. The van der Waals surface area contributed by atoms with Gasteiger partial charge in [0.25, 0.3) is 0 Å². The summed E-state index contributed by atoms with van der Waals surface area (Å²) in [4.78, 5) is 11.5. The number of ether oxygens (including phenoxy) is 1. The lowest BCUT2D eigenvalue weighted by Crippen LogP contribution is -2.37. The van der Waals surface area contributed by atoms with Crippen LogP contribution in [-0.2, 0) is 29.3 Å². The first-order chi connectivity index (χ1) is 10.6. The number of amides is 1. The maximum Gasteiger partial charge on any atom is 0.236 e. The Morgan fingerprint density at radius 1 is 1.04 bits per heavy atom. The third kappa shape index (κ3) is 6.82. The molecule has 0 fully saturated rings. The van der Waals surface area contributed by atoms with Gasteiger partial charge in [-0.05, 0) is 23.6 Å². The van der Waals surface area contributed by atoms with Crippen LogP contribution in [0.5, 0.6) is 0 Å². The van der Waals surface area contributed by atoms with Crippen molar-refractivity contribution in [3.8, 4) is 0 Å². The van der Waals surface area contributed by atoms with Gasteiger partial charge in [0.1, 0.15) is 0 Å².